The lowest BCUT2D eigenvalue weighted by atomic mass is 10.0. The Labute approximate surface area is 127 Å². The largest absolute Gasteiger partial charge is 0.480 e. The van der Waals surface area contributed by atoms with Crippen molar-refractivity contribution in [2.24, 2.45) is 0 Å². The van der Waals surface area contributed by atoms with Crippen LogP contribution in [0.25, 0.3) is 0 Å². The molecule has 0 heterocycles. The standard InChI is InChI=1S/C14H18N2O6/c1-14(2,3)22-13(19)15-10(12(17)18)8-9-6-4-5-7-11(9)16(20)21/h4-7,10H,8H2,1-3H3,(H,15,19)(H,17,18). The van der Waals surface area contributed by atoms with Crippen molar-refractivity contribution in [3.63, 3.8) is 0 Å². The van der Waals surface area contributed by atoms with Crippen LogP contribution in [0.4, 0.5) is 10.5 Å². The van der Waals surface area contributed by atoms with Crippen LogP contribution in [0.15, 0.2) is 24.3 Å². The van der Waals surface area contributed by atoms with Crippen LogP contribution in [0, 0.1) is 10.1 Å². The number of carboxylic acids is 1. The van der Waals surface area contributed by atoms with Crippen molar-refractivity contribution < 1.29 is 24.4 Å². The number of ether oxygens (including phenoxy) is 1. The van der Waals surface area contributed by atoms with E-state index in [9.17, 15) is 24.8 Å². The molecule has 0 fully saturated rings. The summed E-state index contributed by atoms with van der Waals surface area (Å²) in [6, 6.07) is 4.45. The van der Waals surface area contributed by atoms with E-state index in [1.165, 1.54) is 18.2 Å². The zero-order valence-corrected chi connectivity index (χ0v) is 12.5. The Morgan fingerprint density at radius 2 is 1.95 bits per heavy atom. The average Bonchev–Trinajstić information content (AvgIpc) is 2.35. The maximum Gasteiger partial charge on any atom is 0.408 e. The Balaban J connectivity index is 2.88. The van der Waals surface area contributed by atoms with Gasteiger partial charge in [-0.15, -0.1) is 0 Å². The quantitative estimate of drug-likeness (QED) is 0.635. The number of nitro groups is 1. The molecule has 1 amide bonds. The van der Waals surface area contributed by atoms with E-state index < -0.39 is 28.6 Å². The number of hydrogen-bond donors (Lipinski definition) is 2. The van der Waals surface area contributed by atoms with Crippen molar-refractivity contribution in [2.45, 2.75) is 38.8 Å². The van der Waals surface area contributed by atoms with Crippen LogP contribution in [0.1, 0.15) is 26.3 Å². The van der Waals surface area contributed by atoms with Crippen molar-refractivity contribution >= 4 is 17.7 Å². The molecule has 0 aromatic heterocycles. The zero-order valence-electron chi connectivity index (χ0n) is 12.5. The molecule has 0 radical (unpaired) electrons. The first-order chi connectivity index (χ1) is 10.1. The number of nitrogens with zero attached hydrogens (tertiary/aromatic N) is 1. The van der Waals surface area contributed by atoms with Gasteiger partial charge >= 0.3 is 12.1 Å². The maximum atomic E-state index is 11.7. The topological polar surface area (TPSA) is 119 Å². The number of nitrogens with one attached hydrogen (secondary N) is 1. The number of carboxylic acid groups (broad SMARTS) is 1. The number of alkyl carbamates (subject to hydrolysis) is 1. The van der Waals surface area contributed by atoms with Gasteiger partial charge in [0.1, 0.15) is 11.6 Å². The number of hydrogen-bond acceptors (Lipinski definition) is 5. The molecule has 0 aliphatic carbocycles. The highest BCUT2D eigenvalue weighted by molar-refractivity contribution is 5.80. The zero-order chi connectivity index (χ0) is 16.9. The first-order valence-electron chi connectivity index (χ1n) is 6.55. The molecule has 8 heteroatoms. The van der Waals surface area contributed by atoms with Crippen molar-refractivity contribution in [3.8, 4) is 0 Å². The number of carbonyl (C=O) groups excluding carboxylic acids is 1. The summed E-state index contributed by atoms with van der Waals surface area (Å²) in [5, 5.41) is 22.3. The van der Waals surface area contributed by atoms with E-state index in [-0.39, 0.29) is 17.7 Å². The minimum absolute atomic E-state index is 0.195. The minimum atomic E-state index is -1.32. The highest BCUT2D eigenvalue weighted by Crippen LogP contribution is 2.19. The summed E-state index contributed by atoms with van der Waals surface area (Å²) >= 11 is 0. The summed E-state index contributed by atoms with van der Waals surface area (Å²) in [7, 11) is 0. The van der Waals surface area contributed by atoms with Crippen LogP contribution < -0.4 is 5.32 Å². The molecule has 1 atom stereocenters. The Kier molecular flexibility index (Phi) is 5.44. The number of para-hydroxylation sites is 1. The lowest BCUT2D eigenvalue weighted by Gasteiger charge is -2.22. The third-order valence-corrected chi connectivity index (χ3v) is 2.60. The van der Waals surface area contributed by atoms with Gasteiger partial charge < -0.3 is 15.2 Å². The Morgan fingerprint density at radius 3 is 2.45 bits per heavy atom. The smallest absolute Gasteiger partial charge is 0.408 e. The van der Waals surface area contributed by atoms with E-state index in [2.05, 4.69) is 5.32 Å². The van der Waals surface area contributed by atoms with Crippen LogP contribution in [0.5, 0.6) is 0 Å². The molecular weight excluding hydrogens is 292 g/mol. The molecule has 0 saturated carbocycles. The molecule has 0 bridgehead atoms. The van der Waals surface area contributed by atoms with E-state index >= 15 is 0 Å². The van der Waals surface area contributed by atoms with Gasteiger partial charge in [-0.2, -0.15) is 0 Å². The van der Waals surface area contributed by atoms with Gasteiger partial charge in [0.2, 0.25) is 0 Å². The van der Waals surface area contributed by atoms with Crippen LogP contribution in [-0.2, 0) is 16.0 Å². The number of aliphatic carboxylic acids is 1. The summed E-state index contributed by atoms with van der Waals surface area (Å²) in [6.45, 7) is 4.93. The average molecular weight is 310 g/mol. The molecule has 1 aromatic carbocycles. The Morgan fingerprint density at radius 1 is 1.36 bits per heavy atom. The van der Waals surface area contributed by atoms with Gasteiger partial charge in [0.25, 0.3) is 5.69 Å². The molecule has 1 unspecified atom stereocenters. The third-order valence-electron chi connectivity index (χ3n) is 2.60. The lowest BCUT2D eigenvalue weighted by Crippen LogP contribution is -2.44. The fraction of sp³-hybridized carbons (Fsp3) is 0.429. The van der Waals surface area contributed by atoms with E-state index in [4.69, 9.17) is 4.74 Å². The Bertz CT molecular complexity index is 579. The number of amides is 1. The molecule has 0 aliphatic heterocycles. The second-order valence-corrected chi connectivity index (χ2v) is 5.63. The van der Waals surface area contributed by atoms with Crippen LogP contribution in [0.3, 0.4) is 0 Å². The van der Waals surface area contributed by atoms with Crippen molar-refractivity contribution in [2.75, 3.05) is 0 Å². The molecule has 0 spiro atoms. The second-order valence-electron chi connectivity index (χ2n) is 5.63. The number of rotatable bonds is 5. The highest BCUT2D eigenvalue weighted by Gasteiger charge is 2.26. The normalized spacial score (nSPS) is 12.3. The predicted octanol–water partition coefficient (Wildman–Crippen LogP) is 2.12. The van der Waals surface area contributed by atoms with Gasteiger partial charge in [-0.05, 0) is 20.8 Å². The van der Waals surface area contributed by atoms with Gasteiger partial charge in [0.05, 0.1) is 4.92 Å². The molecule has 120 valence electrons. The fourth-order valence-electron chi connectivity index (χ4n) is 1.73. The van der Waals surface area contributed by atoms with Gasteiger partial charge in [-0.3, -0.25) is 10.1 Å². The molecule has 8 nitrogen and oxygen atoms in total. The summed E-state index contributed by atoms with van der Waals surface area (Å²) in [5.74, 6) is -1.30. The molecule has 0 saturated heterocycles. The summed E-state index contributed by atoms with van der Waals surface area (Å²) in [5.41, 5.74) is -0.748. The molecule has 0 aliphatic rings. The molecule has 22 heavy (non-hydrogen) atoms. The number of nitro benzene ring substituents is 1. The number of benzene rings is 1. The first kappa shape index (κ1) is 17.4. The van der Waals surface area contributed by atoms with Crippen LogP contribution in [0.2, 0.25) is 0 Å². The van der Waals surface area contributed by atoms with Crippen LogP contribution in [-0.4, -0.2) is 33.7 Å². The highest BCUT2D eigenvalue weighted by atomic mass is 16.6. The molecule has 2 N–H and O–H groups in total. The number of carbonyl (C=O) groups is 2. The van der Waals surface area contributed by atoms with E-state index in [1.807, 2.05) is 0 Å². The van der Waals surface area contributed by atoms with Gasteiger partial charge in [-0.25, -0.2) is 9.59 Å². The van der Waals surface area contributed by atoms with E-state index in [0.717, 1.165) is 0 Å². The summed E-state index contributed by atoms with van der Waals surface area (Å²) in [6.07, 6.45) is -1.11. The lowest BCUT2D eigenvalue weighted by molar-refractivity contribution is -0.385. The maximum absolute atomic E-state index is 11.7. The monoisotopic (exact) mass is 310 g/mol. The molecule has 1 aromatic rings. The first-order valence-corrected chi connectivity index (χ1v) is 6.55. The molecular formula is C14H18N2O6. The van der Waals surface area contributed by atoms with Crippen LogP contribution >= 0.6 is 0 Å². The predicted molar refractivity (Wildman–Crippen MR) is 77.6 cm³/mol. The van der Waals surface area contributed by atoms with Crippen molar-refractivity contribution in [1.82, 2.24) is 5.32 Å². The van der Waals surface area contributed by atoms with Gasteiger partial charge in [0, 0.05) is 18.1 Å². The fourth-order valence-corrected chi connectivity index (χ4v) is 1.73. The molecule has 1 rings (SSSR count). The van der Waals surface area contributed by atoms with Gasteiger partial charge in [0.15, 0.2) is 0 Å². The third kappa shape index (κ3) is 5.39. The van der Waals surface area contributed by atoms with Crippen molar-refractivity contribution in [3.05, 3.63) is 39.9 Å². The SMILES string of the molecule is CC(C)(C)OC(=O)NC(Cc1ccccc1[N+](=O)[O-])C(=O)O. The Hall–Kier alpha value is -2.64. The summed E-state index contributed by atoms with van der Waals surface area (Å²) < 4.78 is 4.99. The van der Waals surface area contributed by atoms with Crippen molar-refractivity contribution in [1.29, 1.82) is 0 Å². The minimum Gasteiger partial charge on any atom is -0.480 e. The summed E-state index contributed by atoms with van der Waals surface area (Å²) in [4.78, 5) is 33.2. The van der Waals surface area contributed by atoms with E-state index in [1.54, 1.807) is 26.8 Å². The second kappa shape index (κ2) is 6.88. The van der Waals surface area contributed by atoms with Gasteiger partial charge in [-0.1, -0.05) is 18.2 Å². The van der Waals surface area contributed by atoms with E-state index in [0.29, 0.717) is 0 Å².